The molecule has 1 heterocycles. The van der Waals surface area contributed by atoms with Crippen LogP contribution >= 0.6 is 7.26 Å². The first kappa shape index (κ1) is 19.4. The molecule has 0 saturated carbocycles. The van der Waals surface area contributed by atoms with E-state index >= 15 is 0 Å². The standard InChI is InChI=1S/C24H24N2O2P/c1-20-25-28-24(27)26(20)18-11-19-29(21-12-5-2-6-13-21,22-14-7-3-8-15-22)23-16-9-4-10-17-23/h2-10,12-17H,11,18-19H2,1H3/q+1. The summed E-state index contributed by atoms with van der Waals surface area (Å²) in [5.41, 5.74) is 0. The van der Waals surface area contributed by atoms with Gasteiger partial charge in [-0.1, -0.05) is 59.8 Å². The lowest BCUT2D eigenvalue weighted by molar-refractivity contribution is 0.373. The van der Waals surface area contributed by atoms with E-state index in [4.69, 9.17) is 4.52 Å². The smallest absolute Gasteiger partial charge is 0.296 e. The van der Waals surface area contributed by atoms with Gasteiger partial charge in [0.25, 0.3) is 0 Å². The second kappa shape index (κ2) is 8.59. The molecule has 29 heavy (non-hydrogen) atoms. The van der Waals surface area contributed by atoms with Gasteiger partial charge in [-0.25, -0.2) is 4.79 Å². The van der Waals surface area contributed by atoms with Gasteiger partial charge in [0.15, 0.2) is 5.82 Å². The van der Waals surface area contributed by atoms with Gasteiger partial charge >= 0.3 is 5.76 Å². The van der Waals surface area contributed by atoms with E-state index in [2.05, 4.69) is 96.2 Å². The van der Waals surface area contributed by atoms with Gasteiger partial charge in [-0.3, -0.25) is 9.09 Å². The van der Waals surface area contributed by atoms with Gasteiger partial charge in [0.05, 0.1) is 6.16 Å². The normalized spacial score (nSPS) is 11.5. The van der Waals surface area contributed by atoms with Gasteiger partial charge < -0.3 is 0 Å². The van der Waals surface area contributed by atoms with Crippen molar-refractivity contribution in [3.05, 3.63) is 107 Å². The average Bonchev–Trinajstić information content (AvgIpc) is 3.11. The number of hydrogen-bond acceptors (Lipinski definition) is 3. The van der Waals surface area contributed by atoms with Gasteiger partial charge in [-0.2, -0.15) is 0 Å². The third-order valence-electron chi connectivity index (χ3n) is 5.33. The van der Waals surface area contributed by atoms with E-state index in [1.165, 1.54) is 15.9 Å². The van der Waals surface area contributed by atoms with E-state index in [0.29, 0.717) is 12.4 Å². The third-order valence-corrected chi connectivity index (χ3v) is 9.86. The van der Waals surface area contributed by atoms with Crippen molar-refractivity contribution in [3.63, 3.8) is 0 Å². The summed E-state index contributed by atoms with van der Waals surface area (Å²) in [6.45, 7) is 2.40. The van der Waals surface area contributed by atoms with Crippen LogP contribution in [0.25, 0.3) is 0 Å². The maximum Gasteiger partial charge on any atom is 0.441 e. The molecular formula is C24H24N2O2P+. The molecular weight excluding hydrogens is 379 g/mol. The van der Waals surface area contributed by atoms with Gasteiger partial charge in [-0.05, 0) is 43.3 Å². The molecule has 146 valence electrons. The topological polar surface area (TPSA) is 48.0 Å². The van der Waals surface area contributed by atoms with Gasteiger partial charge in [-0.15, -0.1) is 0 Å². The molecule has 0 radical (unpaired) electrons. The van der Waals surface area contributed by atoms with Crippen molar-refractivity contribution in [3.8, 4) is 0 Å². The van der Waals surface area contributed by atoms with Crippen molar-refractivity contribution in [1.29, 1.82) is 0 Å². The molecule has 1 aromatic heterocycles. The van der Waals surface area contributed by atoms with Crippen molar-refractivity contribution in [2.24, 2.45) is 0 Å². The van der Waals surface area contributed by atoms with Crippen molar-refractivity contribution < 1.29 is 4.52 Å². The van der Waals surface area contributed by atoms with Crippen molar-refractivity contribution >= 4 is 23.2 Å². The van der Waals surface area contributed by atoms with Crippen molar-refractivity contribution in [2.45, 2.75) is 19.9 Å². The van der Waals surface area contributed by atoms with E-state index in [0.717, 1.165) is 12.6 Å². The van der Waals surface area contributed by atoms with Crippen LogP contribution in [0.2, 0.25) is 0 Å². The molecule has 4 rings (SSSR count). The Balaban J connectivity index is 1.80. The molecule has 0 aliphatic carbocycles. The summed E-state index contributed by atoms with van der Waals surface area (Å²) < 4.78 is 6.42. The lowest BCUT2D eigenvalue weighted by Crippen LogP contribution is -2.34. The predicted octanol–water partition coefficient (Wildman–Crippen LogP) is 3.53. The fourth-order valence-electron chi connectivity index (χ4n) is 3.94. The predicted molar refractivity (Wildman–Crippen MR) is 120 cm³/mol. The Kier molecular flexibility index (Phi) is 5.73. The van der Waals surface area contributed by atoms with E-state index in [-0.39, 0.29) is 5.76 Å². The SMILES string of the molecule is Cc1noc(=O)n1CCC[P+](c1ccccc1)(c1ccccc1)c1ccccc1. The Morgan fingerprint density at radius 2 is 1.24 bits per heavy atom. The minimum atomic E-state index is -1.87. The number of aromatic nitrogens is 2. The molecule has 0 spiro atoms. The van der Waals surface area contributed by atoms with Gasteiger partial charge in [0, 0.05) is 13.0 Å². The highest BCUT2D eigenvalue weighted by Gasteiger charge is 2.44. The van der Waals surface area contributed by atoms with E-state index in [9.17, 15) is 4.79 Å². The van der Waals surface area contributed by atoms with Crippen LogP contribution in [0.5, 0.6) is 0 Å². The quantitative estimate of drug-likeness (QED) is 0.444. The molecule has 4 nitrogen and oxygen atoms in total. The molecule has 0 fully saturated rings. The second-order valence-electron chi connectivity index (χ2n) is 7.04. The highest BCUT2D eigenvalue weighted by molar-refractivity contribution is 7.95. The molecule has 0 unspecified atom stereocenters. The van der Waals surface area contributed by atoms with E-state index in [1.807, 2.05) is 0 Å². The maximum atomic E-state index is 11.9. The molecule has 0 aliphatic rings. The Morgan fingerprint density at radius 3 is 1.62 bits per heavy atom. The van der Waals surface area contributed by atoms with Gasteiger partial charge in [0.1, 0.15) is 23.2 Å². The van der Waals surface area contributed by atoms with Crippen LogP contribution in [0.3, 0.4) is 0 Å². The Hall–Kier alpha value is -2.97. The van der Waals surface area contributed by atoms with Crippen LogP contribution in [-0.2, 0) is 6.54 Å². The maximum absolute atomic E-state index is 11.9. The highest BCUT2D eigenvalue weighted by atomic mass is 31.2. The fourth-order valence-corrected chi connectivity index (χ4v) is 8.26. The van der Waals surface area contributed by atoms with Crippen LogP contribution in [0.4, 0.5) is 0 Å². The summed E-state index contributed by atoms with van der Waals surface area (Å²) in [7, 11) is -1.87. The molecule has 5 heteroatoms. The third kappa shape index (κ3) is 3.81. The van der Waals surface area contributed by atoms with E-state index < -0.39 is 7.26 Å². The number of benzene rings is 3. The molecule has 0 bridgehead atoms. The molecule has 3 aromatic carbocycles. The molecule has 0 aliphatic heterocycles. The van der Waals surface area contributed by atoms with Crippen molar-refractivity contribution in [1.82, 2.24) is 9.72 Å². The summed E-state index contributed by atoms with van der Waals surface area (Å²) in [5.74, 6) is 0.239. The first-order chi connectivity index (χ1) is 14.2. The molecule has 0 atom stereocenters. The molecule has 0 amide bonds. The highest BCUT2D eigenvalue weighted by Crippen LogP contribution is 2.55. The lowest BCUT2D eigenvalue weighted by Gasteiger charge is -2.27. The zero-order valence-electron chi connectivity index (χ0n) is 16.4. The minimum Gasteiger partial charge on any atom is -0.296 e. The van der Waals surface area contributed by atoms with Crippen LogP contribution in [0.15, 0.2) is 100 Å². The minimum absolute atomic E-state index is 0.384. The van der Waals surface area contributed by atoms with Crippen molar-refractivity contribution in [2.75, 3.05) is 6.16 Å². The number of aryl methyl sites for hydroxylation is 1. The number of nitrogens with zero attached hydrogens (tertiary/aromatic N) is 2. The lowest BCUT2D eigenvalue weighted by atomic mass is 10.3. The monoisotopic (exact) mass is 403 g/mol. The Labute approximate surface area is 171 Å². The van der Waals surface area contributed by atoms with Crippen LogP contribution in [0, 0.1) is 6.92 Å². The number of rotatable bonds is 7. The zero-order chi connectivity index (χ0) is 20.1. The summed E-state index contributed by atoms with van der Waals surface area (Å²) in [6, 6.07) is 32.3. The first-order valence-corrected chi connectivity index (χ1v) is 11.8. The van der Waals surface area contributed by atoms with E-state index in [1.54, 1.807) is 11.5 Å². The molecule has 0 N–H and O–H groups in total. The van der Waals surface area contributed by atoms with Crippen LogP contribution in [0.1, 0.15) is 12.2 Å². The van der Waals surface area contributed by atoms with Crippen LogP contribution < -0.4 is 21.7 Å². The summed E-state index contributed by atoms with van der Waals surface area (Å²) in [5, 5.41) is 7.85. The first-order valence-electron chi connectivity index (χ1n) is 9.80. The molecule has 4 aromatic rings. The van der Waals surface area contributed by atoms with Gasteiger partial charge in [0.2, 0.25) is 0 Å². The summed E-state index contributed by atoms with van der Waals surface area (Å²) >= 11 is 0. The van der Waals surface area contributed by atoms with Crippen LogP contribution in [-0.4, -0.2) is 15.9 Å². The largest absolute Gasteiger partial charge is 0.441 e. The summed E-state index contributed by atoms with van der Waals surface area (Å²) in [4.78, 5) is 11.9. The molecule has 0 saturated heterocycles. The summed E-state index contributed by atoms with van der Waals surface area (Å²) in [6.07, 6.45) is 1.82. The zero-order valence-corrected chi connectivity index (χ0v) is 17.3. The average molecular weight is 403 g/mol. The Morgan fingerprint density at radius 1 is 0.793 bits per heavy atom. The number of hydrogen-bond donors (Lipinski definition) is 0. The Bertz CT molecular complexity index is 1010. The second-order valence-corrected chi connectivity index (χ2v) is 10.7. The fraction of sp³-hybridized carbons (Fsp3) is 0.167.